The third kappa shape index (κ3) is 3.49. The first-order valence-electron chi connectivity index (χ1n) is 10.2. The number of benzene rings is 1. The summed E-state index contributed by atoms with van der Waals surface area (Å²) in [5.74, 6) is -0.663. The SMILES string of the molecule is CC12CCC(C/C1=N/NC(=O)COC(=O)c1cc3c(cc1[N+](=O)[O-])OCCO3)C2(C)C. The molecule has 4 rings (SSSR count). The standard InChI is InChI=1S/C21H25N3O7/c1-20(2)12-4-5-21(20,3)17(8-12)22-23-18(25)11-31-19(26)13-9-15-16(30-7-6-29-15)10-14(13)24(27)28/h9-10,12H,4-8,11H2,1-3H3,(H,23,25)/b22-17-. The van der Waals surface area contributed by atoms with Crippen LogP contribution in [0.3, 0.4) is 0 Å². The Morgan fingerprint density at radius 1 is 1.26 bits per heavy atom. The summed E-state index contributed by atoms with van der Waals surface area (Å²) in [6.07, 6.45) is 3.03. The maximum Gasteiger partial charge on any atom is 0.345 e. The van der Waals surface area contributed by atoms with Gasteiger partial charge in [0.15, 0.2) is 18.1 Å². The van der Waals surface area contributed by atoms with Crippen molar-refractivity contribution in [1.82, 2.24) is 5.43 Å². The van der Waals surface area contributed by atoms with Crippen molar-refractivity contribution in [2.45, 2.75) is 40.0 Å². The number of nitrogens with one attached hydrogen (secondary N) is 1. The molecular weight excluding hydrogens is 406 g/mol. The lowest BCUT2D eigenvalue weighted by atomic mass is 9.70. The van der Waals surface area contributed by atoms with Crippen molar-refractivity contribution in [3.05, 3.63) is 27.8 Å². The number of carbonyl (C=O) groups excluding carboxylic acids is 2. The van der Waals surface area contributed by atoms with E-state index in [4.69, 9.17) is 14.2 Å². The molecule has 2 atom stereocenters. The van der Waals surface area contributed by atoms with Crippen molar-refractivity contribution < 1.29 is 28.7 Å². The van der Waals surface area contributed by atoms with E-state index in [2.05, 4.69) is 31.3 Å². The van der Waals surface area contributed by atoms with Crippen molar-refractivity contribution in [1.29, 1.82) is 0 Å². The molecule has 2 bridgehead atoms. The molecule has 0 aromatic heterocycles. The zero-order valence-corrected chi connectivity index (χ0v) is 17.7. The van der Waals surface area contributed by atoms with E-state index in [0.29, 0.717) is 5.92 Å². The molecule has 0 radical (unpaired) electrons. The summed E-state index contributed by atoms with van der Waals surface area (Å²) < 4.78 is 15.7. The highest BCUT2D eigenvalue weighted by Crippen LogP contribution is 2.63. The van der Waals surface area contributed by atoms with E-state index in [9.17, 15) is 19.7 Å². The van der Waals surface area contributed by atoms with E-state index >= 15 is 0 Å². The summed E-state index contributed by atoms with van der Waals surface area (Å²) in [5.41, 5.74) is 2.69. The first-order chi connectivity index (χ1) is 14.6. The van der Waals surface area contributed by atoms with Gasteiger partial charge in [-0.15, -0.1) is 0 Å². The predicted molar refractivity (Wildman–Crippen MR) is 109 cm³/mol. The van der Waals surface area contributed by atoms with Crippen molar-refractivity contribution in [3.8, 4) is 11.5 Å². The lowest BCUT2D eigenvalue weighted by Crippen LogP contribution is -2.35. The first kappa shape index (κ1) is 21.1. The average molecular weight is 431 g/mol. The van der Waals surface area contributed by atoms with Gasteiger partial charge in [-0.2, -0.15) is 5.10 Å². The number of hydrazone groups is 1. The molecule has 2 unspecified atom stereocenters. The number of nitro groups is 1. The fraction of sp³-hybridized carbons (Fsp3) is 0.571. The number of rotatable bonds is 5. The van der Waals surface area contributed by atoms with Crippen molar-refractivity contribution in [3.63, 3.8) is 0 Å². The minimum absolute atomic E-state index is 0.0621. The second-order valence-corrected chi connectivity index (χ2v) is 8.93. The van der Waals surface area contributed by atoms with Crippen molar-refractivity contribution in [2.24, 2.45) is 21.8 Å². The minimum atomic E-state index is -1.00. The molecule has 2 fully saturated rings. The fourth-order valence-corrected chi connectivity index (χ4v) is 4.86. The summed E-state index contributed by atoms with van der Waals surface area (Å²) in [6.45, 7) is 6.55. The predicted octanol–water partition coefficient (Wildman–Crippen LogP) is 2.84. The fourth-order valence-electron chi connectivity index (χ4n) is 4.86. The number of hydrogen-bond acceptors (Lipinski definition) is 8. The van der Waals surface area contributed by atoms with E-state index in [-0.39, 0.29) is 41.1 Å². The van der Waals surface area contributed by atoms with E-state index in [1.54, 1.807) is 0 Å². The topological polar surface area (TPSA) is 129 Å². The molecule has 1 aliphatic heterocycles. The van der Waals surface area contributed by atoms with Crippen LogP contribution in [0.15, 0.2) is 17.2 Å². The number of esters is 1. The third-order valence-corrected chi connectivity index (χ3v) is 7.24. The number of amides is 1. The number of nitro benzene ring substituents is 1. The van der Waals surface area contributed by atoms with Crippen LogP contribution in [-0.2, 0) is 9.53 Å². The molecule has 0 spiro atoms. The molecule has 1 N–H and O–H groups in total. The molecule has 31 heavy (non-hydrogen) atoms. The highest BCUT2D eigenvalue weighted by atomic mass is 16.6. The maximum atomic E-state index is 12.4. The Balaban J connectivity index is 1.40. The van der Waals surface area contributed by atoms with Crippen LogP contribution in [0.5, 0.6) is 11.5 Å². The lowest BCUT2D eigenvalue weighted by Gasteiger charge is -2.34. The average Bonchev–Trinajstić information content (AvgIpc) is 3.08. The summed E-state index contributed by atoms with van der Waals surface area (Å²) in [6, 6.07) is 2.32. The zero-order chi connectivity index (χ0) is 22.4. The summed E-state index contributed by atoms with van der Waals surface area (Å²) in [7, 11) is 0. The van der Waals surface area contributed by atoms with E-state index < -0.39 is 29.1 Å². The second-order valence-electron chi connectivity index (χ2n) is 8.93. The lowest BCUT2D eigenvalue weighted by molar-refractivity contribution is -0.385. The molecule has 1 heterocycles. The van der Waals surface area contributed by atoms with Gasteiger partial charge in [0.1, 0.15) is 18.8 Å². The Kier molecular flexibility index (Phi) is 5.10. The molecule has 166 valence electrons. The van der Waals surface area contributed by atoms with Crippen LogP contribution in [0, 0.1) is 26.9 Å². The summed E-state index contributed by atoms with van der Waals surface area (Å²) in [4.78, 5) is 35.2. The van der Waals surface area contributed by atoms with Gasteiger partial charge in [-0.25, -0.2) is 10.2 Å². The number of ether oxygens (including phenoxy) is 3. The molecule has 1 aromatic rings. The Morgan fingerprint density at radius 3 is 2.52 bits per heavy atom. The number of fused-ring (bicyclic) bond motifs is 3. The van der Waals surface area contributed by atoms with Gasteiger partial charge in [-0.3, -0.25) is 14.9 Å². The molecule has 1 aromatic carbocycles. The van der Waals surface area contributed by atoms with E-state index in [1.807, 2.05) is 0 Å². The van der Waals surface area contributed by atoms with Gasteiger partial charge < -0.3 is 14.2 Å². The van der Waals surface area contributed by atoms with Gasteiger partial charge in [0, 0.05) is 17.2 Å². The van der Waals surface area contributed by atoms with Crippen molar-refractivity contribution in [2.75, 3.05) is 19.8 Å². The van der Waals surface area contributed by atoms with Gasteiger partial charge in [0.05, 0.1) is 11.0 Å². The van der Waals surface area contributed by atoms with E-state index in [0.717, 1.165) is 31.0 Å². The van der Waals surface area contributed by atoms with Crippen LogP contribution in [0.1, 0.15) is 50.4 Å². The summed E-state index contributed by atoms with van der Waals surface area (Å²) >= 11 is 0. The molecule has 2 saturated carbocycles. The number of hydrogen-bond donors (Lipinski definition) is 1. The van der Waals surface area contributed by atoms with Gasteiger partial charge in [0.25, 0.3) is 11.6 Å². The molecule has 1 amide bonds. The van der Waals surface area contributed by atoms with Crippen LogP contribution in [-0.4, -0.2) is 42.3 Å². The Bertz CT molecular complexity index is 987. The number of carbonyl (C=O) groups is 2. The molecule has 3 aliphatic rings. The third-order valence-electron chi connectivity index (χ3n) is 7.24. The normalized spacial score (nSPS) is 26.5. The molecule has 0 saturated heterocycles. The maximum absolute atomic E-state index is 12.4. The molecular formula is C21H25N3O7. The van der Waals surface area contributed by atoms with Crippen LogP contribution in [0.25, 0.3) is 0 Å². The smallest absolute Gasteiger partial charge is 0.345 e. The van der Waals surface area contributed by atoms with Gasteiger partial charge >= 0.3 is 5.97 Å². The second kappa shape index (κ2) is 7.51. The quantitative estimate of drug-likeness (QED) is 0.431. The highest BCUT2D eigenvalue weighted by molar-refractivity contribution is 5.97. The first-order valence-corrected chi connectivity index (χ1v) is 10.2. The van der Waals surface area contributed by atoms with Gasteiger partial charge in [-0.05, 0) is 30.6 Å². The Morgan fingerprint density at radius 2 is 1.94 bits per heavy atom. The highest BCUT2D eigenvalue weighted by Gasteiger charge is 2.60. The monoisotopic (exact) mass is 431 g/mol. The molecule has 10 nitrogen and oxygen atoms in total. The van der Waals surface area contributed by atoms with Crippen molar-refractivity contribution >= 4 is 23.3 Å². The molecule has 10 heteroatoms. The van der Waals surface area contributed by atoms with Gasteiger partial charge in [0.2, 0.25) is 0 Å². The van der Waals surface area contributed by atoms with Crippen LogP contribution in [0.4, 0.5) is 5.69 Å². The zero-order valence-electron chi connectivity index (χ0n) is 17.7. The summed E-state index contributed by atoms with van der Waals surface area (Å²) in [5, 5.41) is 15.7. The minimum Gasteiger partial charge on any atom is -0.486 e. The Hall–Kier alpha value is -3.17. The largest absolute Gasteiger partial charge is 0.486 e. The number of nitrogens with zero attached hydrogens (tertiary/aromatic N) is 2. The Labute approximate surface area is 179 Å². The van der Waals surface area contributed by atoms with Crippen LogP contribution in [0.2, 0.25) is 0 Å². The molecule has 2 aliphatic carbocycles. The van der Waals surface area contributed by atoms with Crippen LogP contribution < -0.4 is 14.9 Å². The van der Waals surface area contributed by atoms with Gasteiger partial charge in [-0.1, -0.05) is 20.8 Å². The van der Waals surface area contributed by atoms with E-state index in [1.165, 1.54) is 6.07 Å². The van der Waals surface area contributed by atoms with Crippen LogP contribution >= 0.6 is 0 Å².